The summed E-state index contributed by atoms with van der Waals surface area (Å²) in [6, 6.07) is 9.31. The van der Waals surface area contributed by atoms with E-state index in [1.54, 1.807) is 13.2 Å². The van der Waals surface area contributed by atoms with Crippen molar-refractivity contribution in [2.24, 2.45) is 0 Å². The van der Waals surface area contributed by atoms with Gasteiger partial charge in [0.25, 0.3) is 5.91 Å². The largest absolute Gasteiger partial charge is 0.495 e. The molecule has 1 N–H and O–H groups in total. The number of nitrogens with one attached hydrogen (secondary N) is 1. The van der Waals surface area contributed by atoms with E-state index in [2.05, 4.69) is 26.2 Å². The summed E-state index contributed by atoms with van der Waals surface area (Å²) >= 11 is 3.38. The molecule has 0 atom stereocenters. The Morgan fingerprint density at radius 2 is 1.95 bits per heavy atom. The molecule has 0 aliphatic carbocycles. The number of amides is 1. The maximum absolute atomic E-state index is 12.3. The molecule has 1 heterocycles. The van der Waals surface area contributed by atoms with Crippen LogP contribution in [0.4, 0.5) is 0 Å². The number of aryl methyl sites for hydroxylation is 2. The van der Waals surface area contributed by atoms with Gasteiger partial charge in [0, 0.05) is 17.9 Å². The molecule has 21 heavy (non-hydrogen) atoms. The van der Waals surface area contributed by atoms with Crippen molar-refractivity contribution in [2.45, 2.75) is 20.4 Å². The minimum absolute atomic E-state index is 0.166. The molecule has 0 fully saturated rings. The third kappa shape index (κ3) is 3.82. The molecule has 1 amide bonds. The number of hydrogen-bond donors (Lipinski definition) is 1. The molecule has 5 heteroatoms. The molecule has 0 saturated carbocycles. The average molecular weight is 349 g/mol. The van der Waals surface area contributed by atoms with Gasteiger partial charge >= 0.3 is 0 Å². The minimum Gasteiger partial charge on any atom is -0.495 e. The van der Waals surface area contributed by atoms with Gasteiger partial charge in [-0.05, 0) is 59.6 Å². The molecule has 0 saturated heterocycles. The lowest BCUT2D eigenvalue weighted by Gasteiger charge is -2.11. The van der Waals surface area contributed by atoms with Crippen LogP contribution in [0.15, 0.2) is 34.8 Å². The zero-order valence-corrected chi connectivity index (χ0v) is 13.8. The van der Waals surface area contributed by atoms with Crippen LogP contribution in [0.3, 0.4) is 0 Å². The van der Waals surface area contributed by atoms with E-state index in [1.807, 2.05) is 38.1 Å². The van der Waals surface area contributed by atoms with Gasteiger partial charge in [-0.3, -0.25) is 9.78 Å². The molecule has 0 radical (unpaired) electrons. The number of hydrogen-bond acceptors (Lipinski definition) is 3. The quantitative estimate of drug-likeness (QED) is 0.921. The molecule has 4 nitrogen and oxygen atoms in total. The predicted molar refractivity (Wildman–Crippen MR) is 85.6 cm³/mol. The first-order valence-electron chi connectivity index (χ1n) is 6.56. The van der Waals surface area contributed by atoms with E-state index in [-0.39, 0.29) is 5.91 Å². The number of nitrogens with zero attached hydrogens (tertiary/aromatic N) is 1. The first-order chi connectivity index (χ1) is 10.0. The Morgan fingerprint density at radius 3 is 2.57 bits per heavy atom. The standard InChI is InChI=1S/C16H17BrN2O2/c1-10-7-12(8-11(2)19-10)9-18-16(20)13-5-4-6-14(17)15(13)21-3/h4-8H,9H2,1-3H3,(H,18,20). The summed E-state index contributed by atoms with van der Waals surface area (Å²) < 4.78 is 6.03. The number of benzene rings is 1. The summed E-state index contributed by atoms with van der Waals surface area (Å²) in [7, 11) is 1.55. The van der Waals surface area contributed by atoms with Gasteiger partial charge in [-0.25, -0.2) is 0 Å². The minimum atomic E-state index is -0.166. The first-order valence-corrected chi connectivity index (χ1v) is 7.35. The number of aromatic nitrogens is 1. The fourth-order valence-electron chi connectivity index (χ4n) is 2.20. The number of carbonyl (C=O) groups excluding carboxylic acids is 1. The van der Waals surface area contributed by atoms with E-state index in [4.69, 9.17) is 4.74 Å². The van der Waals surface area contributed by atoms with Gasteiger partial charge in [0.15, 0.2) is 0 Å². The van der Waals surface area contributed by atoms with Gasteiger partial charge in [0.2, 0.25) is 0 Å². The van der Waals surface area contributed by atoms with Crippen LogP contribution >= 0.6 is 15.9 Å². The Morgan fingerprint density at radius 1 is 1.29 bits per heavy atom. The number of methoxy groups -OCH3 is 1. The van der Waals surface area contributed by atoms with Crippen LogP contribution in [0, 0.1) is 13.8 Å². The number of para-hydroxylation sites is 1. The maximum atomic E-state index is 12.3. The van der Waals surface area contributed by atoms with Crippen LogP contribution in [0.25, 0.3) is 0 Å². The monoisotopic (exact) mass is 348 g/mol. The second-order valence-corrected chi connectivity index (χ2v) is 5.62. The molecule has 0 bridgehead atoms. The highest BCUT2D eigenvalue weighted by Gasteiger charge is 2.14. The molecule has 0 aliphatic heterocycles. The Kier molecular flexibility index (Phi) is 4.96. The second-order valence-electron chi connectivity index (χ2n) is 4.76. The third-order valence-electron chi connectivity index (χ3n) is 3.01. The Labute approximate surface area is 132 Å². The van der Waals surface area contributed by atoms with Gasteiger partial charge in [-0.2, -0.15) is 0 Å². The molecule has 110 valence electrons. The van der Waals surface area contributed by atoms with Crippen molar-refractivity contribution in [1.82, 2.24) is 10.3 Å². The van der Waals surface area contributed by atoms with E-state index in [1.165, 1.54) is 0 Å². The normalized spacial score (nSPS) is 10.3. The van der Waals surface area contributed by atoms with E-state index < -0.39 is 0 Å². The molecule has 0 aliphatic rings. The fraction of sp³-hybridized carbons (Fsp3) is 0.250. The summed E-state index contributed by atoms with van der Waals surface area (Å²) in [4.78, 5) is 16.6. The van der Waals surface area contributed by atoms with Crippen LogP contribution in [0.5, 0.6) is 5.75 Å². The van der Waals surface area contributed by atoms with E-state index >= 15 is 0 Å². The number of halogens is 1. The van der Waals surface area contributed by atoms with E-state index in [0.29, 0.717) is 17.9 Å². The smallest absolute Gasteiger partial charge is 0.255 e. The lowest BCUT2D eigenvalue weighted by molar-refractivity contribution is 0.0947. The van der Waals surface area contributed by atoms with Crippen molar-refractivity contribution < 1.29 is 9.53 Å². The Hall–Kier alpha value is -1.88. The lowest BCUT2D eigenvalue weighted by Crippen LogP contribution is -2.23. The van der Waals surface area contributed by atoms with Gasteiger partial charge in [0.1, 0.15) is 5.75 Å². The third-order valence-corrected chi connectivity index (χ3v) is 3.63. The Balaban J connectivity index is 2.13. The van der Waals surface area contributed by atoms with Gasteiger partial charge in [-0.15, -0.1) is 0 Å². The van der Waals surface area contributed by atoms with Crippen LogP contribution in [0.2, 0.25) is 0 Å². The second kappa shape index (κ2) is 6.72. The highest BCUT2D eigenvalue weighted by Crippen LogP contribution is 2.28. The van der Waals surface area contributed by atoms with Crippen LogP contribution in [-0.4, -0.2) is 18.0 Å². The van der Waals surface area contributed by atoms with Crippen LogP contribution in [-0.2, 0) is 6.54 Å². The number of carbonyl (C=O) groups is 1. The lowest BCUT2D eigenvalue weighted by atomic mass is 10.1. The summed E-state index contributed by atoms with van der Waals surface area (Å²) in [6.07, 6.45) is 0. The average Bonchev–Trinajstić information content (AvgIpc) is 2.43. The van der Waals surface area contributed by atoms with Crippen molar-refractivity contribution in [3.63, 3.8) is 0 Å². The van der Waals surface area contributed by atoms with Crippen molar-refractivity contribution in [1.29, 1.82) is 0 Å². The zero-order valence-electron chi connectivity index (χ0n) is 12.2. The highest BCUT2D eigenvalue weighted by molar-refractivity contribution is 9.10. The zero-order chi connectivity index (χ0) is 15.4. The van der Waals surface area contributed by atoms with Crippen molar-refractivity contribution in [2.75, 3.05) is 7.11 Å². The summed E-state index contributed by atoms with van der Waals surface area (Å²) in [5.41, 5.74) is 3.43. The maximum Gasteiger partial charge on any atom is 0.255 e. The molecular weight excluding hydrogens is 332 g/mol. The van der Waals surface area contributed by atoms with E-state index in [0.717, 1.165) is 21.4 Å². The summed E-state index contributed by atoms with van der Waals surface area (Å²) in [5.74, 6) is 0.373. The van der Waals surface area contributed by atoms with Gasteiger partial charge in [-0.1, -0.05) is 6.07 Å². The van der Waals surface area contributed by atoms with Crippen LogP contribution < -0.4 is 10.1 Å². The van der Waals surface area contributed by atoms with Gasteiger partial charge in [0.05, 0.1) is 17.1 Å². The molecule has 1 aromatic heterocycles. The topological polar surface area (TPSA) is 51.2 Å². The summed E-state index contributed by atoms with van der Waals surface area (Å²) in [6.45, 7) is 4.34. The number of rotatable bonds is 4. The molecular formula is C16H17BrN2O2. The summed E-state index contributed by atoms with van der Waals surface area (Å²) in [5, 5.41) is 2.90. The highest BCUT2D eigenvalue weighted by atomic mass is 79.9. The number of ether oxygens (including phenoxy) is 1. The number of pyridine rings is 1. The van der Waals surface area contributed by atoms with E-state index in [9.17, 15) is 4.79 Å². The molecule has 1 aromatic carbocycles. The van der Waals surface area contributed by atoms with Crippen molar-refractivity contribution >= 4 is 21.8 Å². The molecule has 2 rings (SSSR count). The van der Waals surface area contributed by atoms with Crippen molar-refractivity contribution in [3.8, 4) is 5.75 Å². The molecule has 0 spiro atoms. The molecule has 2 aromatic rings. The SMILES string of the molecule is COc1c(Br)cccc1C(=O)NCc1cc(C)nc(C)c1. The van der Waals surface area contributed by atoms with Crippen LogP contribution in [0.1, 0.15) is 27.3 Å². The first kappa shape index (κ1) is 15.5. The fourth-order valence-corrected chi connectivity index (χ4v) is 2.72. The van der Waals surface area contributed by atoms with Crippen molar-refractivity contribution in [3.05, 3.63) is 57.3 Å². The van der Waals surface area contributed by atoms with Gasteiger partial charge < -0.3 is 10.1 Å². The Bertz CT molecular complexity index is 651. The molecule has 0 unspecified atom stereocenters. The predicted octanol–water partition coefficient (Wildman–Crippen LogP) is 3.40.